The number of methoxy groups -OCH3 is 2. The summed E-state index contributed by atoms with van der Waals surface area (Å²) >= 11 is 0. The molecule has 1 aliphatic heterocycles. The Morgan fingerprint density at radius 1 is 1.00 bits per heavy atom. The summed E-state index contributed by atoms with van der Waals surface area (Å²) in [5.41, 5.74) is 5.04. The molecule has 2 atom stereocenters. The Balaban J connectivity index is 1.85. The van der Waals surface area contributed by atoms with Crippen molar-refractivity contribution >= 4 is 5.91 Å². The molecule has 0 bridgehead atoms. The average Bonchev–Trinajstić information content (AvgIpc) is 3.22. The molecule has 1 aromatic heterocycles. The number of amides is 1. The average molecular weight is 450 g/mol. The molecular formula is C26H31N3O4. The van der Waals surface area contributed by atoms with Crippen LogP contribution in [0.1, 0.15) is 35.5 Å². The zero-order valence-electron chi connectivity index (χ0n) is 20.1. The number of aryl methyl sites for hydroxylation is 2. The lowest BCUT2D eigenvalue weighted by atomic mass is 10.1. The molecule has 0 spiro atoms. The van der Waals surface area contributed by atoms with Crippen LogP contribution >= 0.6 is 0 Å². The summed E-state index contributed by atoms with van der Waals surface area (Å²) in [5, 5.41) is 4.88. The first-order valence-electron chi connectivity index (χ1n) is 11.2. The highest BCUT2D eigenvalue weighted by molar-refractivity contribution is 5.95. The highest BCUT2D eigenvalue weighted by atomic mass is 16.5. The van der Waals surface area contributed by atoms with E-state index in [1.807, 2.05) is 62.1 Å². The second kappa shape index (κ2) is 9.27. The molecule has 0 radical (unpaired) electrons. The van der Waals surface area contributed by atoms with Gasteiger partial charge in [0.15, 0.2) is 0 Å². The van der Waals surface area contributed by atoms with Gasteiger partial charge in [-0.3, -0.25) is 4.79 Å². The molecule has 0 aliphatic carbocycles. The van der Waals surface area contributed by atoms with Crippen LogP contribution in [0.25, 0.3) is 16.9 Å². The van der Waals surface area contributed by atoms with Crippen LogP contribution in [0, 0.1) is 13.8 Å². The molecule has 1 fully saturated rings. The maximum atomic E-state index is 13.7. The Kier molecular flexibility index (Phi) is 6.42. The van der Waals surface area contributed by atoms with Gasteiger partial charge >= 0.3 is 0 Å². The first kappa shape index (κ1) is 22.9. The van der Waals surface area contributed by atoms with E-state index < -0.39 is 0 Å². The van der Waals surface area contributed by atoms with E-state index in [0.717, 1.165) is 22.4 Å². The number of benzene rings is 2. The fraction of sp³-hybridized carbons (Fsp3) is 0.385. The molecule has 1 amide bonds. The Bertz CT molecular complexity index is 1160. The third kappa shape index (κ3) is 4.59. The van der Waals surface area contributed by atoms with Gasteiger partial charge in [-0.25, -0.2) is 4.68 Å². The van der Waals surface area contributed by atoms with Crippen LogP contribution in [-0.4, -0.2) is 60.1 Å². The van der Waals surface area contributed by atoms with Crippen molar-refractivity contribution in [3.63, 3.8) is 0 Å². The zero-order chi connectivity index (χ0) is 23.7. The van der Waals surface area contributed by atoms with Crippen LogP contribution in [0.2, 0.25) is 0 Å². The fourth-order valence-corrected chi connectivity index (χ4v) is 4.41. The molecule has 1 aliphatic rings. The van der Waals surface area contributed by atoms with Crippen LogP contribution in [0.5, 0.6) is 11.5 Å². The summed E-state index contributed by atoms with van der Waals surface area (Å²) in [6.07, 6.45) is -0.0346. The molecule has 174 valence electrons. The normalized spacial score (nSPS) is 18.3. The molecule has 7 heteroatoms. The van der Waals surface area contributed by atoms with Crippen LogP contribution in [-0.2, 0) is 4.74 Å². The van der Waals surface area contributed by atoms with Crippen LogP contribution in [0.15, 0.2) is 42.5 Å². The van der Waals surface area contributed by atoms with Gasteiger partial charge in [0.2, 0.25) is 0 Å². The number of morpholine rings is 1. The second-order valence-corrected chi connectivity index (χ2v) is 8.65. The lowest BCUT2D eigenvalue weighted by molar-refractivity contribution is -0.0588. The van der Waals surface area contributed by atoms with E-state index in [-0.39, 0.29) is 18.1 Å². The minimum atomic E-state index is -0.0665. The zero-order valence-corrected chi connectivity index (χ0v) is 20.1. The number of carbonyl (C=O) groups excluding carboxylic acids is 1. The monoisotopic (exact) mass is 449 g/mol. The van der Waals surface area contributed by atoms with Crippen molar-refractivity contribution in [2.45, 2.75) is 39.9 Å². The Morgan fingerprint density at radius 2 is 1.73 bits per heavy atom. The quantitative estimate of drug-likeness (QED) is 0.577. The molecular weight excluding hydrogens is 418 g/mol. The van der Waals surface area contributed by atoms with Crippen molar-refractivity contribution in [3.8, 4) is 28.4 Å². The largest absolute Gasteiger partial charge is 0.497 e. The Labute approximate surface area is 194 Å². The van der Waals surface area contributed by atoms with E-state index in [1.165, 1.54) is 0 Å². The molecule has 3 aromatic rings. The molecule has 2 heterocycles. The summed E-state index contributed by atoms with van der Waals surface area (Å²) in [5.74, 6) is 1.26. The molecule has 2 unspecified atom stereocenters. The Hall–Kier alpha value is -3.32. The number of hydrogen-bond donors (Lipinski definition) is 0. The molecule has 0 N–H and O–H groups in total. The van der Waals surface area contributed by atoms with Gasteiger partial charge in [0, 0.05) is 24.7 Å². The van der Waals surface area contributed by atoms with Crippen molar-refractivity contribution in [2.24, 2.45) is 0 Å². The van der Waals surface area contributed by atoms with Gasteiger partial charge in [-0.1, -0.05) is 17.7 Å². The van der Waals surface area contributed by atoms with E-state index in [4.69, 9.17) is 19.3 Å². The van der Waals surface area contributed by atoms with E-state index in [0.29, 0.717) is 36.0 Å². The highest BCUT2D eigenvalue weighted by Gasteiger charge is 2.30. The van der Waals surface area contributed by atoms with Gasteiger partial charge < -0.3 is 19.1 Å². The predicted molar refractivity (Wildman–Crippen MR) is 127 cm³/mol. The third-order valence-corrected chi connectivity index (χ3v) is 5.90. The summed E-state index contributed by atoms with van der Waals surface area (Å²) in [6.45, 7) is 9.15. The number of aromatic nitrogens is 2. The van der Waals surface area contributed by atoms with E-state index in [9.17, 15) is 4.79 Å². The maximum absolute atomic E-state index is 13.7. The van der Waals surface area contributed by atoms with Gasteiger partial charge in [0.25, 0.3) is 5.91 Å². The number of carbonyl (C=O) groups is 1. The van der Waals surface area contributed by atoms with Crippen LogP contribution in [0.4, 0.5) is 0 Å². The first-order chi connectivity index (χ1) is 15.8. The van der Waals surface area contributed by atoms with Crippen molar-refractivity contribution in [3.05, 3.63) is 59.3 Å². The summed E-state index contributed by atoms with van der Waals surface area (Å²) in [6, 6.07) is 13.6. The SMILES string of the molecule is COc1ccc(-c2cc(C(=O)N3CC(C)OC(C)C3)n(-c3ccc(C)cc3C)n2)c(OC)c1. The van der Waals surface area contributed by atoms with Gasteiger partial charge in [-0.2, -0.15) is 5.10 Å². The topological polar surface area (TPSA) is 65.8 Å². The van der Waals surface area contributed by atoms with E-state index in [2.05, 4.69) is 13.0 Å². The maximum Gasteiger partial charge on any atom is 0.272 e. The summed E-state index contributed by atoms with van der Waals surface area (Å²) in [7, 11) is 3.23. The highest BCUT2D eigenvalue weighted by Crippen LogP contribution is 2.34. The molecule has 4 rings (SSSR count). The van der Waals surface area contributed by atoms with E-state index >= 15 is 0 Å². The lowest BCUT2D eigenvalue weighted by Crippen LogP contribution is -2.48. The minimum absolute atomic E-state index is 0.0173. The fourth-order valence-electron chi connectivity index (χ4n) is 4.41. The standard InChI is InChI=1S/C26H31N3O4/c1-16-7-10-23(17(2)11-16)29-24(26(30)28-14-18(3)33-19(4)15-28)13-22(27-29)21-9-8-20(31-5)12-25(21)32-6/h7-13,18-19H,14-15H2,1-6H3. The van der Waals surface area contributed by atoms with Crippen molar-refractivity contribution in [1.82, 2.24) is 14.7 Å². The van der Waals surface area contributed by atoms with E-state index in [1.54, 1.807) is 18.9 Å². The number of nitrogens with zero attached hydrogens (tertiary/aromatic N) is 3. The number of ether oxygens (including phenoxy) is 3. The molecule has 1 saturated heterocycles. The van der Waals surface area contributed by atoms with Gasteiger partial charge in [0.1, 0.15) is 17.2 Å². The molecule has 2 aromatic carbocycles. The molecule has 0 saturated carbocycles. The smallest absolute Gasteiger partial charge is 0.272 e. The van der Waals surface area contributed by atoms with Crippen molar-refractivity contribution in [1.29, 1.82) is 0 Å². The second-order valence-electron chi connectivity index (χ2n) is 8.65. The minimum Gasteiger partial charge on any atom is -0.497 e. The lowest BCUT2D eigenvalue weighted by Gasteiger charge is -2.35. The van der Waals surface area contributed by atoms with Gasteiger partial charge in [-0.05, 0) is 57.5 Å². The summed E-state index contributed by atoms with van der Waals surface area (Å²) in [4.78, 5) is 15.6. The van der Waals surface area contributed by atoms with Crippen LogP contribution in [0.3, 0.4) is 0 Å². The molecule has 7 nitrogen and oxygen atoms in total. The molecule has 33 heavy (non-hydrogen) atoms. The van der Waals surface area contributed by atoms with Gasteiger partial charge in [0.05, 0.1) is 37.8 Å². The van der Waals surface area contributed by atoms with Gasteiger partial charge in [-0.15, -0.1) is 0 Å². The number of hydrogen-bond acceptors (Lipinski definition) is 5. The number of rotatable bonds is 5. The van der Waals surface area contributed by atoms with Crippen LogP contribution < -0.4 is 9.47 Å². The summed E-state index contributed by atoms with van der Waals surface area (Å²) < 4.78 is 18.5. The Morgan fingerprint density at radius 3 is 2.36 bits per heavy atom. The van der Waals surface area contributed by atoms with Crippen molar-refractivity contribution in [2.75, 3.05) is 27.3 Å². The third-order valence-electron chi connectivity index (χ3n) is 5.90. The predicted octanol–water partition coefficient (Wildman–Crippen LogP) is 4.42. The first-order valence-corrected chi connectivity index (χ1v) is 11.2. The van der Waals surface area contributed by atoms with Crippen molar-refractivity contribution < 1.29 is 19.0 Å².